The highest BCUT2D eigenvalue weighted by atomic mass is 16.6. The standard InChI is InChI=1S/C26H37N3O6/c1-16-9-21(22(30)23(31)35-16)28(2)8-7-27-24(32)26-13-17-10-18(14-26)12-25(11-17,15-26)19-3-5-20(6-4-19)29(33)34/h3-6,16-18,21-23,30-31H,7-15H2,1-2H3,(H,27,32)/t16-,17?,18?,21+,22-,23-,25?,26?/m1/s1. The van der Waals surface area contributed by atoms with Crippen molar-refractivity contribution in [2.45, 2.75) is 81.8 Å². The Balaban J connectivity index is 1.25. The molecular formula is C26H37N3O6. The van der Waals surface area contributed by atoms with Gasteiger partial charge in [0.1, 0.15) is 6.10 Å². The molecule has 4 bridgehead atoms. The second-order valence-electron chi connectivity index (χ2n) is 11.7. The van der Waals surface area contributed by atoms with Crippen molar-refractivity contribution in [2.24, 2.45) is 17.3 Å². The lowest BCUT2D eigenvalue weighted by molar-refractivity contribution is -0.384. The molecule has 192 valence electrons. The molecule has 4 aliphatic carbocycles. The minimum Gasteiger partial charge on any atom is -0.386 e. The van der Waals surface area contributed by atoms with Crippen LogP contribution in [0.25, 0.3) is 0 Å². The number of non-ortho nitro benzene ring substituents is 1. The van der Waals surface area contributed by atoms with Gasteiger partial charge in [-0.2, -0.15) is 0 Å². The van der Waals surface area contributed by atoms with Gasteiger partial charge in [-0.25, -0.2) is 0 Å². The summed E-state index contributed by atoms with van der Waals surface area (Å²) in [4.78, 5) is 26.4. The van der Waals surface area contributed by atoms with Gasteiger partial charge in [0, 0.05) is 31.3 Å². The van der Waals surface area contributed by atoms with E-state index in [1.165, 1.54) is 6.42 Å². The van der Waals surface area contributed by atoms with E-state index in [1.807, 2.05) is 31.0 Å². The van der Waals surface area contributed by atoms with Crippen LogP contribution in [-0.4, -0.2) is 70.6 Å². The van der Waals surface area contributed by atoms with Gasteiger partial charge in [0.25, 0.3) is 5.69 Å². The zero-order valence-corrected chi connectivity index (χ0v) is 20.6. The Bertz CT molecular complexity index is 954. The molecule has 1 amide bonds. The molecule has 1 saturated heterocycles. The van der Waals surface area contributed by atoms with E-state index in [9.17, 15) is 25.1 Å². The number of aliphatic hydroxyl groups is 2. The van der Waals surface area contributed by atoms with Crippen molar-refractivity contribution in [1.82, 2.24) is 10.2 Å². The number of benzene rings is 1. The lowest BCUT2D eigenvalue weighted by atomic mass is 9.42. The van der Waals surface area contributed by atoms with Gasteiger partial charge >= 0.3 is 0 Å². The largest absolute Gasteiger partial charge is 0.386 e. The fourth-order valence-electron chi connectivity index (χ4n) is 7.99. The highest BCUT2D eigenvalue weighted by molar-refractivity contribution is 5.83. The molecule has 9 nitrogen and oxygen atoms in total. The van der Waals surface area contributed by atoms with Crippen LogP contribution >= 0.6 is 0 Å². The summed E-state index contributed by atoms with van der Waals surface area (Å²) in [5, 5.41) is 34.6. The number of carbonyl (C=O) groups is 1. The van der Waals surface area contributed by atoms with E-state index >= 15 is 0 Å². The molecule has 1 heterocycles. The average molecular weight is 488 g/mol. The summed E-state index contributed by atoms with van der Waals surface area (Å²) in [6, 6.07) is 6.77. The Hall–Kier alpha value is -2.07. The number of carbonyl (C=O) groups excluding carboxylic acids is 1. The number of aliphatic hydroxyl groups excluding tert-OH is 2. The predicted octanol–water partition coefficient (Wildman–Crippen LogP) is 2.34. The van der Waals surface area contributed by atoms with Crippen LogP contribution in [-0.2, 0) is 14.9 Å². The summed E-state index contributed by atoms with van der Waals surface area (Å²) in [5.41, 5.74) is 0.779. The maximum absolute atomic E-state index is 13.6. The first-order valence-corrected chi connectivity index (χ1v) is 12.9. The quantitative estimate of drug-likeness (QED) is 0.398. The van der Waals surface area contributed by atoms with Gasteiger partial charge in [0.2, 0.25) is 5.91 Å². The van der Waals surface area contributed by atoms with Crippen LogP contribution in [0.5, 0.6) is 0 Å². The lowest BCUT2D eigenvalue weighted by Crippen LogP contribution is -2.59. The third-order valence-electron chi connectivity index (χ3n) is 9.18. The van der Waals surface area contributed by atoms with E-state index in [2.05, 4.69) is 5.32 Å². The van der Waals surface area contributed by atoms with Crippen LogP contribution in [0, 0.1) is 27.4 Å². The van der Waals surface area contributed by atoms with Crippen molar-refractivity contribution < 1.29 is 24.7 Å². The number of ether oxygens (including phenoxy) is 1. The highest BCUT2D eigenvalue weighted by Gasteiger charge is 2.60. The van der Waals surface area contributed by atoms with Gasteiger partial charge < -0.3 is 20.3 Å². The minimum atomic E-state index is -1.19. The Labute approximate surface area is 206 Å². The summed E-state index contributed by atoms with van der Waals surface area (Å²) in [6.07, 6.45) is 4.24. The van der Waals surface area contributed by atoms with Gasteiger partial charge in [-0.3, -0.25) is 19.8 Å². The number of nitrogens with one attached hydrogen (secondary N) is 1. The molecule has 1 aliphatic heterocycles. The van der Waals surface area contributed by atoms with Crippen molar-refractivity contribution in [1.29, 1.82) is 0 Å². The number of nitro groups is 1. The van der Waals surface area contributed by atoms with E-state index < -0.39 is 12.4 Å². The van der Waals surface area contributed by atoms with Crippen molar-refractivity contribution in [3.05, 3.63) is 39.9 Å². The Kier molecular flexibility index (Phi) is 6.40. The van der Waals surface area contributed by atoms with Crippen LogP contribution in [0.15, 0.2) is 24.3 Å². The van der Waals surface area contributed by atoms with Crippen molar-refractivity contribution in [2.75, 3.05) is 20.1 Å². The molecule has 0 radical (unpaired) electrons. The second kappa shape index (κ2) is 9.10. The van der Waals surface area contributed by atoms with Crippen molar-refractivity contribution in [3.8, 4) is 0 Å². The Morgan fingerprint density at radius 3 is 2.46 bits per heavy atom. The molecule has 6 atom stereocenters. The smallest absolute Gasteiger partial charge is 0.269 e. The highest BCUT2D eigenvalue weighted by Crippen LogP contribution is 2.65. The van der Waals surface area contributed by atoms with E-state index in [0.29, 0.717) is 31.3 Å². The Morgan fingerprint density at radius 1 is 1.17 bits per heavy atom. The number of nitrogens with zero attached hydrogens (tertiary/aromatic N) is 2. The molecule has 0 aromatic heterocycles. The molecule has 9 heteroatoms. The second-order valence-corrected chi connectivity index (χ2v) is 11.7. The number of likely N-dealkylation sites (N-methyl/N-ethyl adjacent to an activating group) is 1. The summed E-state index contributed by atoms with van der Waals surface area (Å²) in [6.45, 7) is 2.93. The van der Waals surface area contributed by atoms with Crippen molar-refractivity contribution >= 4 is 11.6 Å². The van der Waals surface area contributed by atoms with E-state index in [-0.39, 0.29) is 39.5 Å². The fourth-order valence-corrected chi connectivity index (χ4v) is 7.99. The van der Waals surface area contributed by atoms with Gasteiger partial charge in [-0.1, -0.05) is 12.1 Å². The zero-order valence-electron chi connectivity index (χ0n) is 20.6. The van der Waals surface area contributed by atoms with Crippen molar-refractivity contribution in [3.63, 3.8) is 0 Å². The third kappa shape index (κ3) is 4.48. The maximum Gasteiger partial charge on any atom is 0.269 e. The average Bonchev–Trinajstić information content (AvgIpc) is 2.80. The van der Waals surface area contributed by atoms with Gasteiger partial charge in [-0.15, -0.1) is 0 Å². The first-order chi connectivity index (χ1) is 16.6. The zero-order chi connectivity index (χ0) is 25.0. The first kappa shape index (κ1) is 24.6. The molecule has 5 aliphatic rings. The van der Waals surface area contributed by atoms with Crippen LogP contribution in [0.2, 0.25) is 0 Å². The third-order valence-corrected chi connectivity index (χ3v) is 9.18. The minimum absolute atomic E-state index is 0.0776. The predicted molar refractivity (Wildman–Crippen MR) is 128 cm³/mol. The molecule has 3 N–H and O–H groups in total. The molecule has 6 rings (SSSR count). The molecule has 1 aromatic carbocycles. The molecule has 35 heavy (non-hydrogen) atoms. The van der Waals surface area contributed by atoms with Gasteiger partial charge in [-0.05, 0) is 81.7 Å². The number of rotatable bonds is 7. The van der Waals surface area contributed by atoms with Crippen LogP contribution in [0.4, 0.5) is 5.69 Å². The molecule has 0 spiro atoms. The normalized spacial score (nSPS) is 40.1. The lowest BCUT2D eigenvalue weighted by Gasteiger charge is -2.61. The maximum atomic E-state index is 13.6. The molecule has 4 saturated carbocycles. The topological polar surface area (TPSA) is 125 Å². The van der Waals surface area contributed by atoms with Crippen LogP contribution in [0.1, 0.15) is 57.4 Å². The Morgan fingerprint density at radius 2 is 1.83 bits per heavy atom. The van der Waals surface area contributed by atoms with Crippen LogP contribution in [0.3, 0.4) is 0 Å². The number of nitro benzene ring substituents is 1. The number of hydrogen-bond donors (Lipinski definition) is 3. The molecule has 2 unspecified atom stereocenters. The molecular weight excluding hydrogens is 450 g/mol. The molecule has 5 fully saturated rings. The summed E-state index contributed by atoms with van der Waals surface area (Å²) >= 11 is 0. The SMILES string of the molecule is C[C@@H]1C[C@H](N(C)CCNC(=O)C23CC4CC(C2)CC(c2ccc([N+](=O)[O-])cc2)(C4)C3)[C@@H](O)[C@H](O)O1. The first-order valence-electron chi connectivity index (χ1n) is 12.9. The van der Waals surface area contributed by atoms with E-state index in [0.717, 1.165) is 37.7 Å². The number of amides is 1. The number of hydrogen-bond acceptors (Lipinski definition) is 7. The van der Waals surface area contributed by atoms with Gasteiger partial charge in [0.15, 0.2) is 6.29 Å². The summed E-state index contributed by atoms with van der Waals surface area (Å²) < 4.78 is 5.30. The summed E-state index contributed by atoms with van der Waals surface area (Å²) in [7, 11) is 1.90. The monoisotopic (exact) mass is 487 g/mol. The van der Waals surface area contributed by atoms with Crippen LogP contribution < -0.4 is 5.32 Å². The molecule has 1 aromatic rings. The van der Waals surface area contributed by atoms with Gasteiger partial charge in [0.05, 0.1) is 16.4 Å². The fraction of sp³-hybridized carbons (Fsp3) is 0.731. The van der Waals surface area contributed by atoms with E-state index in [1.54, 1.807) is 12.1 Å². The van der Waals surface area contributed by atoms with E-state index in [4.69, 9.17) is 4.74 Å². The summed E-state index contributed by atoms with van der Waals surface area (Å²) in [5.74, 6) is 1.15.